The standard InChI is InChI=1S/C19H24N2O3/c1-4-21(5-2)18(22)10-14-8-15(11-16(9-14)19(23)24)17-7-6-13(3)12-20-17/h6-9,11-12,18,22H,4-5,10H2,1-3H3,(H,23,24). The molecule has 0 aliphatic heterocycles. The molecule has 2 N–H and O–H groups in total. The summed E-state index contributed by atoms with van der Waals surface area (Å²) in [7, 11) is 0. The largest absolute Gasteiger partial charge is 0.478 e. The van der Waals surface area contributed by atoms with Crippen LogP contribution in [0.25, 0.3) is 11.3 Å². The Kier molecular flexibility index (Phi) is 6.06. The molecule has 1 heterocycles. The van der Waals surface area contributed by atoms with Gasteiger partial charge in [0, 0.05) is 18.2 Å². The lowest BCUT2D eigenvalue weighted by Gasteiger charge is -2.25. The molecule has 0 fully saturated rings. The first-order chi connectivity index (χ1) is 11.4. The van der Waals surface area contributed by atoms with Gasteiger partial charge in [-0.05, 0) is 55.4 Å². The van der Waals surface area contributed by atoms with E-state index in [4.69, 9.17) is 0 Å². The van der Waals surface area contributed by atoms with E-state index in [0.29, 0.717) is 6.42 Å². The number of aromatic carboxylic acids is 1. The molecule has 0 aliphatic rings. The zero-order valence-corrected chi connectivity index (χ0v) is 14.4. The van der Waals surface area contributed by atoms with Crippen LogP contribution >= 0.6 is 0 Å². The Hall–Kier alpha value is -2.24. The number of hydrogen-bond acceptors (Lipinski definition) is 4. The van der Waals surface area contributed by atoms with E-state index >= 15 is 0 Å². The molecule has 0 aliphatic carbocycles. The van der Waals surface area contributed by atoms with Crippen molar-refractivity contribution in [2.45, 2.75) is 33.4 Å². The van der Waals surface area contributed by atoms with Crippen molar-refractivity contribution in [3.63, 3.8) is 0 Å². The third-order valence-electron chi connectivity index (χ3n) is 4.10. The summed E-state index contributed by atoms with van der Waals surface area (Å²) in [5.74, 6) is -0.984. The quantitative estimate of drug-likeness (QED) is 0.765. The van der Waals surface area contributed by atoms with Crippen molar-refractivity contribution >= 4 is 5.97 Å². The number of likely N-dealkylation sites (N-methyl/N-ethyl adjacent to an activating group) is 1. The van der Waals surface area contributed by atoms with Crippen molar-refractivity contribution in [3.8, 4) is 11.3 Å². The van der Waals surface area contributed by atoms with E-state index in [1.807, 2.05) is 43.9 Å². The number of aromatic nitrogens is 1. The number of carboxylic acid groups (broad SMARTS) is 1. The van der Waals surface area contributed by atoms with Crippen LogP contribution < -0.4 is 0 Å². The Morgan fingerprint density at radius 1 is 1.21 bits per heavy atom. The molecule has 0 saturated carbocycles. The number of rotatable bonds is 7. The predicted molar refractivity (Wildman–Crippen MR) is 94.0 cm³/mol. The maximum Gasteiger partial charge on any atom is 0.335 e. The molecule has 24 heavy (non-hydrogen) atoms. The minimum Gasteiger partial charge on any atom is -0.478 e. The summed E-state index contributed by atoms with van der Waals surface area (Å²) < 4.78 is 0. The molecule has 1 atom stereocenters. The molecule has 0 bridgehead atoms. The average molecular weight is 328 g/mol. The van der Waals surface area contributed by atoms with Gasteiger partial charge in [-0.1, -0.05) is 19.9 Å². The van der Waals surface area contributed by atoms with Crippen molar-refractivity contribution in [3.05, 3.63) is 53.2 Å². The number of pyridine rings is 1. The normalized spacial score (nSPS) is 12.4. The van der Waals surface area contributed by atoms with Gasteiger partial charge in [-0.15, -0.1) is 0 Å². The Labute approximate surface area is 142 Å². The van der Waals surface area contributed by atoms with Crippen LogP contribution in [0.5, 0.6) is 0 Å². The number of carboxylic acids is 1. The van der Waals surface area contributed by atoms with Crippen LogP contribution in [-0.4, -0.2) is 45.4 Å². The van der Waals surface area contributed by atoms with E-state index in [1.54, 1.807) is 18.3 Å². The number of aliphatic hydroxyl groups is 1. The first-order valence-electron chi connectivity index (χ1n) is 8.17. The lowest BCUT2D eigenvalue weighted by atomic mass is 10.00. The van der Waals surface area contributed by atoms with E-state index in [1.165, 1.54) is 0 Å². The Morgan fingerprint density at radius 2 is 1.92 bits per heavy atom. The molecule has 0 spiro atoms. The third-order valence-corrected chi connectivity index (χ3v) is 4.10. The number of aliphatic hydroxyl groups excluding tert-OH is 1. The van der Waals surface area contributed by atoms with E-state index in [2.05, 4.69) is 4.98 Å². The molecule has 0 saturated heterocycles. The topological polar surface area (TPSA) is 73.7 Å². The van der Waals surface area contributed by atoms with Crippen LogP contribution in [0.4, 0.5) is 0 Å². The number of carbonyl (C=O) groups is 1. The highest BCUT2D eigenvalue weighted by atomic mass is 16.4. The second kappa shape index (κ2) is 8.04. The number of hydrogen-bond donors (Lipinski definition) is 2. The molecule has 2 rings (SSSR count). The molecular formula is C19H24N2O3. The summed E-state index contributed by atoms with van der Waals surface area (Å²) in [6.45, 7) is 7.41. The smallest absolute Gasteiger partial charge is 0.335 e. The van der Waals surface area contributed by atoms with Gasteiger partial charge >= 0.3 is 5.97 Å². The fraction of sp³-hybridized carbons (Fsp3) is 0.368. The summed E-state index contributed by atoms with van der Waals surface area (Å²) in [5.41, 5.74) is 3.51. The van der Waals surface area contributed by atoms with Crippen molar-refractivity contribution in [2.24, 2.45) is 0 Å². The minimum atomic E-state index is -0.984. The zero-order valence-electron chi connectivity index (χ0n) is 14.4. The number of nitrogens with zero attached hydrogens (tertiary/aromatic N) is 2. The lowest BCUT2D eigenvalue weighted by molar-refractivity contribution is 0.0115. The van der Waals surface area contributed by atoms with Gasteiger partial charge in [0.2, 0.25) is 0 Å². The molecule has 0 radical (unpaired) electrons. The lowest BCUT2D eigenvalue weighted by Crippen LogP contribution is -2.36. The summed E-state index contributed by atoms with van der Waals surface area (Å²) in [6.07, 6.45) is 1.50. The molecule has 5 heteroatoms. The van der Waals surface area contributed by atoms with Crippen LogP contribution in [0, 0.1) is 6.92 Å². The van der Waals surface area contributed by atoms with Crippen molar-refractivity contribution in [1.82, 2.24) is 9.88 Å². The zero-order chi connectivity index (χ0) is 17.7. The van der Waals surface area contributed by atoms with E-state index in [9.17, 15) is 15.0 Å². The van der Waals surface area contributed by atoms with Crippen molar-refractivity contribution < 1.29 is 15.0 Å². The van der Waals surface area contributed by atoms with Gasteiger partial charge in [-0.25, -0.2) is 4.79 Å². The maximum absolute atomic E-state index is 11.4. The summed E-state index contributed by atoms with van der Waals surface area (Å²) in [4.78, 5) is 17.7. The van der Waals surface area contributed by atoms with Crippen LogP contribution in [0.2, 0.25) is 0 Å². The van der Waals surface area contributed by atoms with Gasteiger partial charge in [0.1, 0.15) is 6.23 Å². The monoisotopic (exact) mass is 328 g/mol. The highest BCUT2D eigenvalue weighted by Gasteiger charge is 2.15. The highest BCUT2D eigenvalue weighted by Crippen LogP contribution is 2.22. The highest BCUT2D eigenvalue weighted by molar-refractivity contribution is 5.89. The average Bonchev–Trinajstić information content (AvgIpc) is 2.56. The van der Waals surface area contributed by atoms with Gasteiger partial charge in [-0.3, -0.25) is 9.88 Å². The van der Waals surface area contributed by atoms with E-state index in [-0.39, 0.29) is 5.56 Å². The number of aryl methyl sites for hydroxylation is 1. The molecule has 128 valence electrons. The van der Waals surface area contributed by atoms with Gasteiger partial charge in [0.25, 0.3) is 0 Å². The Morgan fingerprint density at radius 3 is 2.46 bits per heavy atom. The third kappa shape index (κ3) is 4.40. The number of benzene rings is 1. The second-order valence-electron chi connectivity index (χ2n) is 5.85. The molecule has 1 aromatic carbocycles. The summed E-state index contributed by atoms with van der Waals surface area (Å²) in [5, 5.41) is 19.7. The molecule has 2 aromatic rings. The Bertz CT molecular complexity index is 694. The van der Waals surface area contributed by atoms with Gasteiger partial charge < -0.3 is 10.2 Å². The first kappa shape index (κ1) is 18.1. The van der Waals surface area contributed by atoms with E-state index < -0.39 is 12.2 Å². The maximum atomic E-state index is 11.4. The van der Waals surface area contributed by atoms with Gasteiger partial charge in [-0.2, -0.15) is 0 Å². The van der Waals surface area contributed by atoms with Crippen LogP contribution in [0.1, 0.15) is 35.3 Å². The molecule has 1 aromatic heterocycles. The second-order valence-corrected chi connectivity index (χ2v) is 5.85. The van der Waals surface area contributed by atoms with Crippen molar-refractivity contribution in [2.75, 3.05) is 13.1 Å². The minimum absolute atomic E-state index is 0.205. The van der Waals surface area contributed by atoms with Crippen LogP contribution in [0.3, 0.4) is 0 Å². The molecule has 5 nitrogen and oxygen atoms in total. The Balaban J connectivity index is 2.37. The van der Waals surface area contributed by atoms with Crippen LogP contribution in [0.15, 0.2) is 36.5 Å². The SMILES string of the molecule is CCN(CC)C(O)Cc1cc(C(=O)O)cc(-c2ccc(C)cn2)c1. The summed E-state index contributed by atoms with van der Waals surface area (Å²) >= 11 is 0. The molecule has 0 amide bonds. The van der Waals surface area contributed by atoms with Gasteiger partial charge in [0.15, 0.2) is 0 Å². The predicted octanol–water partition coefficient (Wildman–Crippen LogP) is 2.96. The van der Waals surface area contributed by atoms with Gasteiger partial charge in [0.05, 0.1) is 11.3 Å². The molecule has 1 unspecified atom stereocenters. The van der Waals surface area contributed by atoms with Crippen molar-refractivity contribution in [1.29, 1.82) is 0 Å². The van der Waals surface area contributed by atoms with Crippen LogP contribution in [-0.2, 0) is 6.42 Å². The van der Waals surface area contributed by atoms with E-state index in [0.717, 1.165) is 35.5 Å². The fourth-order valence-electron chi connectivity index (χ4n) is 2.70. The molecular weight excluding hydrogens is 304 g/mol. The fourth-order valence-corrected chi connectivity index (χ4v) is 2.70. The first-order valence-corrected chi connectivity index (χ1v) is 8.17. The summed E-state index contributed by atoms with van der Waals surface area (Å²) in [6, 6.07) is 8.96.